The van der Waals surface area contributed by atoms with E-state index in [1.807, 2.05) is 59.1 Å². The molecular formula is C29H36N4O3. The zero-order valence-electron chi connectivity index (χ0n) is 21.3. The fraction of sp³-hybridized carbons (Fsp3) is 0.517. The Hall–Kier alpha value is -3.22. The van der Waals surface area contributed by atoms with Gasteiger partial charge < -0.3 is 24.1 Å². The smallest absolute Gasteiger partial charge is 0.273 e. The van der Waals surface area contributed by atoms with Crippen molar-refractivity contribution in [2.45, 2.75) is 88.9 Å². The zero-order chi connectivity index (χ0) is 24.9. The van der Waals surface area contributed by atoms with Gasteiger partial charge in [-0.1, -0.05) is 32.1 Å². The molecule has 1 N–H and O–H groups in total. The summed E-state index contributed by atoms with van der Waals surface area (Å²) in [6, 6.07) is 10.2. The Labute approximate surface area is 212 Å². The van der Waals surface area contributed by atoms with Crippen LogP contribution in [0.1, 0.15) is 75.2 Å². The van der Waals surface area contributed by atoms with Gasteiger partial charge in [-0.15, -0.1) is 0 Å². The normalized spacial score (nSPS) is 23.3. The number of hydrogen-bond donors (Lipinski definition) is 1. The number of ether oxygens (including phenoxy) is 1. The predicted molar refractivity (Wildman–Crippen MR) is 140 cm³/mol. The van der Waals surface area contributed by atoms with Crippen molar-refractivity contribution >= 4 is 22.7 Å². The molecule has 1 unspecified atom stereocenters. The van der Waals surface area contributed by atoms with E-state index in [2.05, 4.69) is 9.88 Å². The maximum Gasteiger partial charge on any atom is 0.273 e. The number of fused-ring (bicyclic) bond motifs is 3. The van der Waals surface area contributed by atoms with E-state index in [1.54, 1.807) is 7.11 Å². The van der Waals surface area contributed by atoms with Gasteiger partial charge in [-0.05, 0) is 62.9 Å². The Morgan fingerprint density at radius 2 is 1.72 bits per heavy atom. The molecule has 1 atom stereocenters. The first-order valence-electron chi connectivity index (χ1n) is 13.5. The molecule has 2 saturated carbocycles. The summed E-state index contributed by atoms with van der Waals surface area (Å²) < 4.78 is 9.64. The van der Waals surface area contributed by atoms with Crippen LogP contribution < -0.4 is 10.1 Å². The molecular weight excluding hydrogens is 452 g/mol. The number of nitrogens with zero attached hydrogens (tertiary/aromatic N) is 3. The second kappa shape index (κ2) is 9.02. The van der Waals surface area contributed by atoms with E-state index >= 15 is 0 Å². The molecule has 2 aromatic heterocycles. The molecule has 3 heterocycles. The van der Waals surface area contributed by atoms with E-state index in [-0.39, 0.29) is 23.9 Å². The fourth-order valence-electron chi connectivity index (χ4n) is 6.79. The van der Waals surface area contributed by atoms with Crippen molar-refractivity contribution in [3.63, 3.8) is 0 Å². The van der Waals surface area contributed by atoms with Crippen LogP contribution in [0, 0.1) is 0 Å². The summed E-state index contributed by atoms with van der Waals surface area (Å²) >= 11 is 0. The Balaban J connectivity index is 1.51. The Morgan fingerprint density at radius 1 is 1.03 bits per heavy atom. The van der Waals surface area contributed by atoms with Crippen molar-refractivity contribution < 1.29 is 14.3 Å². The molecule has 7 heteroatoms. The summed E-state index contributed by atoms with van der Waals surface area (Å²) in [4.78, 5) is 30.5. The van der Waals surface area contributed by atoms with Crippen LogP contribution in [0.25, 0.3) is 16.6 Å². The number of rotatable bonds is 5. The number of aromatic nitrogens is 2. The molecule has 0 bridgehead atoms. The Bertz CT molecular complexity index is 1280. The van der Waals surface area contributed by atoms with Gasteiger partial charge in [0.1, 0.15) is 17.0 Å². The third kappa shape index (κ3) is 3.62. The van der Waals surface area contributed by atoms with Crippen LogP contribution in [0.3, 0.4) is 0 Å². The minimum atomic E-state index is -0.948. The first-order chi connectivity index (χ1) is 17.5. The van der Waals surface area contributed by atoms with E-state index in [1.165, 1.54) is 6.42 Å². The first kappa shape index (κ1) is 23.2. The lowest BCUT2D eigenvalue weighted by Gasteiger charge is -2.48. The summed E-state index contributed by atoms with van der Waals surface area (Å²) in [6.07, 6.45) is 13.6. The van der Waals surface area contributed by atoms with Gasteiger partial charge in [0.2, 0.25) is 5.91 Å². The summed E-state index contributed by atoms with van der Waals surface area (Å²) in [5.74, 6) is 0.684. The third-order valence-corrected chi connectivity index (χ3v) is 8.64. The molecule has 2 amide bonds. The van der Waals surface area contributed by atoms with Crippen molar-refractivity contribution in [2.24, 2.45) is 0 Å². The van der Waals surface area contributed by atoms with Gasteiger partial charge in [-0.3, -0.25) is 9.59 Å². The molecule has 1 aliphatic heterocycles. The maximum absolute atomic E-state index is 14.5. The number of nitrogens with one attached hydrogen (secondary N) is 1. The van der Waals surface area contributed by atoms with Crippen molar-refractivity contribution in [2.75, 3.05) is 7.11 Å². The number of hydrogen-bond acceptors (Lipinski definition) is 3. The van der Waals surface area contributed by atoms with E-state index in [4.69, 9.17) is 4.74 Å². The monoisotopic (exact) mass is 488 g/mol. The lowest BCUT2D eigenvalue weighted by Crippen LogP contribution is -2.67. The van der Waals surface area contributed by atoms with Crippen molar-refractivity contribution in [3.8, 4) is 11.4 Å². The van der Waals surface area contributed by atoms with Crippen LogP contribution in [0.15, 0.2) is 42.7 Å². The SMILES string of the molecule is COc1ccc2c(c1)c(-n1cccc1)c1n2CC(C)(C(=O)NC2CCCCC2)N(C2CCCC2)C1=O. The number of methoxy groups -OCH3 is 1. The minimum Gasteiger partial charge on any atom is -0.497 e. The van der Waals surface area contributed by atoms with Crippen LogP contribution in [0.4, 0.5) is 0 Å². The van der Waals surface area contributed by atoms with E-state index in [0.717, 1.165) is 73.7 Å². The van der Waals surface area contributed by atoms with E-state index < -0.39 is 5.54 Å². The predicted octanol–water partition coefficient (Wildman–Crippen LogP) is 5.05. The van der Waals surface area contributed by atoms with Gasteiger partial charge in [0.15, 0.2) is 0 Å². The molecule has 3 aliphatic rings. The summed E-state index contributed by atoms with van der Waals surface area (Å²) in [7, 11) is 1.66. The topological polar surface area (TPSA) is 68.5 Å². The van der Waals surface area contributed by atoms with Gasteiger partial charge in [0.05, 0.1) is 24.9 Å². The lowest BCUT2D eigenvalue weighted by molar-refractivity contribution is -0.135. The van der Waals surface area contributed by atoms with Crippen molar-refractivity contribution in [1.82, 2.24) is 19.4 Å². The standard InChI is InChI=1S/C29H36N4O3/c1-29(28(35)30-20-10-4-3-5-11-20)19-32-24-15-14-22(36-2)18-23(24)25(31-16-8-9-17-31)26(32)27(34)33(29)21-12-6-7-13-21/h8-9,14-18,20-21H,3-7,10-13,19H2,1-2H3,(H,30,35). The first-order valence-corrected chi connectivity index (χ1v) is 13.5. The van der Waals surface area contributed by atoms with E-state index in [0.29, 0.717) is 12.2 Å². The van der Waals surface area contributed by atoms with Gasteiger partial charge in [-0.2, -0.15) is 0 Å². The maximum atomic E-state index is 14.5. The minimum absolute atomic E-state index is 0.0156. The second-order valence-electron chi connectivity index (χ2n) is 11.0. The molecule has 2 fully saturated rings. The highest BCUT2D eigenvalue weighted by atomic mass is 16.5. The summed E-state index contributed by atoms with van der Waals surface area (Å²) in [6.45, 7) is 2.42. The molecule has 6 rings (SSSR count). The number of carbonyl (C=O) groups is 2. The van der Waals surface area contributed by atoms with Gasteiger partial charge >= 0.3 is 0 Å². The van der Waals surface area contributed by atoms with Gasteiger partial charge in [0, 0.05) is 29.9 Å². The summed E-state index contributed by atoms with van der Waals surface area (Å²) in [5, 5.41) is 4.32. The quantitative estimate of drug-likeness (QED) is 0.547. The van der Waals surface area contributed by atoms with Crippen LogP contribution >= 0.6 is 0 Å². The molecule has 7 nitrogen and oxygen atoms in total. The number of carbonyl (C=O) groups excluding carboxylic acids is 2. The van der Waals surface area contributed by atoms with Gasteiger partial charge in [0.25, 0.3) is 5.91 Å². The van der Waals surface area contributed by atoms with Gasteiger partial charge in [-0.25, -0.2) is 0 Å². The Morgan fingerprint density at radius 3 is 2.42 bits per heavy atom. The van der Waals surface area contributed by atoms with Crippen LogP contribution in [0.5, 0.6) is 5.75 Å². The Kier molecular flexibility index (Phi) is 5.81. The summed E-state index contributed by atoms with van der Waals surface area (Å²) in [5.41, 5.74) is 1.52. The van der Waals surface area contributed by atoms with E-state index in [9.17, 15) is 9.59 Å². The number of benzene rings is 1. The third-order valence-electron chi connectivity index (χ3n) is 8.64. The fourth-order valence-corrected chi connectivity index (χ4v) is 6.79. The second-order valence-corrected chi connectivity index (χ2v) is 11.0. The molecule has 36 heavy (non-hydrogen) atoms. The molecule has 2 aliphatic carbocycles. The van der Waals surface area contributed by atoms with Crippen LogP contribution in [0.2, 0.25) is 0 Å². The molecule has 3 aromatic rings. The molecule has 1 aromatic carbocycles. The van der Waals surface area contributed by atoms with Crippen LogP contribution in [-0.4, -0.2) is 50.6 Å². The highest BCUT2D eigenvalue weighted by Crippen LogP contribution is 2.42. The highest BCUT2D eigenvalue weighted by molar-refractivity contribution is 6.09. The molecule has 190 valence electrons. The zero-order valence-corrected chi connectivity index (χ0v) is 21.3. The van der Waals surface area contributed by atoms with Crippen LogP contribution in [-0.2, 0) is 11.3 Å². The lowest BCUT2D eigenvalue weighted by atomic mass is 9.89. The van der Waals surface area contributed by atoms with Crippen molar-refractivity contribution in [1.29, 1.82) is 0 Å². The largest absolute Gasteiger partial charge is 0.497 e. The van der Waals surface area contributed by atoms with Crippen molar-refractivity contribution in [3.05, 3.63) is 48.4 Å². The average molecular weight is 489 g/mol. The highest BCUT2D eigenvalue weighted by Gasteiger charge is 2.52. The average Bonchev–Trinajstić information content (AvgIpc) is 3.65. The molecule has 0 saturated heterocycles. The molecule has 0 radical (unpaired) electrons. The number of amides is 2. The molecule has 0 spiro atoms.